The van der Waals surface area contributed by atoms with Crippen molar-refractivity contribution in [1.29, 1.82) is 0 Å². The van der Waals surface area contributed by atoms with Crippen LogP contribution < -0.4 is 10.1 Å². The molecule has 2 aliphatic rings. The van der Waals surface area contributed by atoms with Crippen molar-refractivity contribution in [2.24, 2.45) is 5.92 Å². The van der Waals surface area contributed by atoms with Gasteiger partial charge >= 0.3 is 0 Å². The van der Waals surface area contributed by atoms with Gasteiger partial charge in [0.15, 0.2) is 6.61 Å². The van der Waals surface area contributed by atoms with Crippen LogP contribution in [0.15, 0.2) is 24.7 Å². The van der Waals surface area contributed by atoms with Crippen molar-refractivity contribution in [3.8, 4) is 5.88 Å². The number of carbonyl (C=O) groups is 2. The Labute approximate surface area is 144 Å². The highest BCUT2D eigenvalue weighted by molar-refractivity contribution is 5.99. The summed E-state index contributed by atoms with van der Waals surface area (Å²) in [6.07, 6.45) is 6.87. The molecule has 9 nitrogen and oxygen atoms in total. The van der Waals surface area contributed by atoms with Gasteiger partial charge < -0.3 is 15.0 Å². The number of carbonyl (C=O) groups excluding carboxylic acids is 2. The summed E-state index contributed by atoms with van der Waals surface area (Å²) in [4.78, 5) is 30.1. The van der Waals surface area contributed by atoms with Gasteiger partial charge in [0.2, 0.25) is 5.88 Å². The molecule has 1 N–H and O–H groups in total. The maximum atomic E-state index is 12.7. The second-order valence-electron chi connectivity index (χ2n) is 6.27. The molecule has 4 heterocycles. The molecule has 9 heteroatoms. The van der Waals surface area contributed by atoms with Crippen LogP contribution in [0.1, 0.15) is 23.2 Å². The molecule has 0 bridgehead atoms. The molecule has 0 saturated carbocycles. The summed E-state index contributed by atoms with van der Waals surface area (Å²) >= 11 is 0. The number of hydrogen-bond donors (Lipinski definition) is 1. The van der Waals surface area contributed by atoms with Gasteiger partial charge in [-0.15, -0.1) is 5.10 Å². The van der Waals surface area contributed by atoms with E-state index in [1.807, 2.05) is 15.8 Å². The third-order valence-corrected chi connectivity index (χ3v) is 4.53. The van der Waals surface area contributed by atoms with Gasteiger partial charge in [-0.3, -0.25) is 14.3 Å². The number of fused-ring (bicyclic) bond motifs is 1. The molecule has 0 aromatic carbocycles. The van der Waals surface area contributed by atoms with E-state index < -0.39 is 0 Å². The van der Waals surface area contributed by atoms with E-state index in [1.165, 1.54) is 6.20 Å². The standard InChI is InChI=1S/C16H18N6O3/c23-14-10-25-15-13(19-14)7-12(8-17-15)16(24)21-4-1-11(2-5-21)9-22-6-3-18-20-22/h3,6-8,11H,1-2,4-5,9-10H2,(H,19,23). The zero-order valence-electron chi connectivity index (χ0n) is 13.6. The molecule has 2 aromatic heterocycles. The van der Waals surface area contributed by atoms with Gasteiger partial charge in [-0.05, 0) is 24.8 Å². The van der Waals surface area contributed by atoms with Crippen LogP contribution in [0.5, 0.6) is 5.88 Å². The largest absolute Gasteiger partial charge is 0.466 e. The van der Waals surface area contributed by atoms with E-state index in [1.54, 1.807) is 12.3 Å². The molecule has 2 amide bonds. The fourth-order valence-electron chi connectivity index (χ4n) is 3.19. The summed E-state index contributed by atoms with van der Waals surface area (Å²) in [6, 6.07) is 1.63. The Morgan fingerprint density at radius 1 is 1.36 bits per heavy atom. The average molecular weight is 342 g/mol. The maximum absolute atomic E-state index is 12.7. The quantitative estimate of drug-likeness (QED) is 0.874. The Bertz CT molecular complexity index is 783. The first-order chi connectivity index (χ1) is 12.2. The van der Waals surface area contributed by atoms with Gasteiger partial charge in [0, 0.05) is 32.0 Å². The predicted octanol–water partition coefficient (Wildman–Crippen LogP) is 0.556. The molecule has 0 aliphatic carbocycles. The summed E-state index contributed by atoms with van der Waals surface area (Å²) in [5.41, 5.74) is 0.905. The molecule has 0 radical (unpaired) electrons. The highest BCUT2D eigenvalue weighted by atomic mass is 16.5. The van der Waals surface area contributed by atoms with E-state index in [-0.39, 0.29) is 18.4 Å². The number of hydrogen-bond acceptors (Lipinski definition) is 6. The number of ether oxygens (including phenoxy) is 1. The fourth-order valence-corrected chi connectivity index (χ4v) is 3.19. The zero-order valence-corrected chi connectivity index (χ0v) is 13.6. The molecule has 0 spiro atoms. The van der Waals surface area contributed by atoms with Crippen LogP contribution in [0.3, 0.4) is 0 Å². The SMILES string of the molecule is O=C1COc2ncc(C(=O)N3CCC(Cn4ccnn4)CC3)cc2N1. The molecule has 0 atom stereocenters. The van der Waals surface area contributed by atoms with Crippen LogP contribution in [-0.4, -0.2) is 56.4 Å². The minimum atomic E-state index is -0.243. The van der Waals surface area contributed by atoms with Crippen molar-refractivity contribution in [3.63, 3.8) is 0 Å². The number of nitrogens with zero attached hydrogens (tertiary/aromatic N) is 5. The summed E-state index contributed by atoms with van der Waals surface area (Å²) in [7, 11) is 0. The van der Waals surface area contributed by atoms with Crippen LogP contribution in [-0.2, 0) is 11.3 Å². The molecule has 1 fully saturated rings. The number of aromatic nitrogens is 4. The topological polar surface area (TPSA) is 102 Å². The van der Waals surface area contributed by atoms with Gasteiger partial charge in [0.05, 0.1) is 11.8 Å². The van der Waals surface area contributed by atoms with Crippen molar-refractivity contribution >= 4 is 17.5 Å². The Morgan fingerprint density at radius 2 is 2.20 bits per heavy atom. The summed E-state index contributed by atoms with van der Waals surface area (Å²) in [5.74, 6) is 0.518. The van der Waals surface area contributed by atoms with Gasteiger partial charge in [-0.1, -0.05) is 5.21 Å². The van der Waals surface area contributed by atoms with E-state index in [0.29, 0.717) is 36.1 Å². The molecular formula is C16H18N6O3. The first kappa shape index (κ1) is 15.6. The van der Waals surface area contributed by atoms with E-state index >= 15 is 0 Å². The number of pyridine rings is 1. The normalized spacial score (nSPS) is 17.6. The summed E-state index contributed by atoms with van der Waals surface area (Å²) < 4.78 is 7.05. The van der Waals surface area contributed by atoms with Crippen molar-refractivity contribution < 1.29 is 14.3 Å². The van der Waals surface area contributed by atoms with E-state index in [4.69, 9.17) is 4.74 Å². The Kier molecular flexibility index (Phi) is 4.04. The first-order valence-corrected chi connectivity index (χ1v) is 8.25. The second-order valence-corrected chi connectivity index (χ2v) is 6.27. The number of likely N-dealkylation sites (tertiary alicyclic amines) is 1. The summed E-state index contributed by atoms with van der Waals surface area (Å²) in [6.45, 7) is 2.16. The molecule has 130 valence electrons. The molecule has 2 aliphatic heterocycles. The first-order valence-electron chi connectivity index (χ1n) is 8.25. The molecule has 2 aromatic rings. The molecule has 0 unspecified atom stereocenters. The number of amides is 2. The maximum Gasteiger partial charge on any atom is 0.262 e. The lowest BCUT2D eigenvalue weighted by Crippen LogP contribution is -2.39. The van der Waals surface area contributed by atoms with E-state index in [9.17, 15) is 9.59 Å². The van der Waals surface area contributed by atoms with E-state index in [2.05, 4.69) is 20.6 Å². The minimum absolute atomic E-state index is 0.0490. The van der Waals surface area contributed by atoms with Crippen LogP contribution in [0, 0.1) is 5.92 Å². The number of anilines is 1. The number of nitrogens with one attached hydrogen (secondary N) is 1. The summed E-state index contributed by atoms with van der Waals surface area (Å²) in [5, 5.41) is 10.5. The Hall–Kier alpha value is -2.97. The second kappa shape index (κ2) is 6.50. The monoisotopic (exact) mass is 342 g/mol. The van der Waals surface area contributed by atoms with Crippen molar-refractivity contribution in [2.75, 3.05) is 25.0 Å². The predicted molar refractivity (Wildman–Crippen MR) is 87.0 cm³/mol. The van der Waals surface area contributed by atoms with Crippen molar-refractivity contribution in [2.45, 2.75) is 19.4 Å². The van der Waals surface area contributed by atoms with Gasteiger partial charge in [-0.25, -0.2) is 4.98 Å². The lowest BCUT2D eigenvalue weighted by Gasteiger charge is -2.32. The lowest BCUT2D eigenvalue weighted by atomic mass is 9.96. The number of rotatable bonds is 3. The van der Waals surface area contributed by atoms with Crippen molar-refractivity contribution in [3.05, 3.63) is 30.2 Å². The number of piperidine rings is 1. The fraction of sp³-hybridized carbons (Fsp3) is 0.438. The Balaban J connectivity index is 1.39. The zero-order chi connectivity index (χ0) is 17.2. The van der Waals surface area contributed by atoms with Crippen LogP contribution in [0.2, 0.25) is 0 Å². The van der Waals surface area contributed by atoms with Crippen LogP contribution in [0.25, 0.3) is 0 Å². The third kappa shape index (κ3) is 3.30. The highest BCUT2D eigenvalue weighted by Crippen LogP contribution is 2.27. The van der Waals surface area contributed by atoms with Gasteiger partial charge in [-0.2, -0.15) is 0 Å². The molecule has 1 saturated heterocycles. The molecule has 4 rings (SSSR count). The van der Waals surface area contributed by atoms with Crippen molar-refractivity contribution in [1.82, 2.24) is 24.9 Å². The van der Waals surface area contributed by atoms with Crippen LogP contribution >= 0.6 is 0 Å². The minimum Gasteiger partial charge on any atom is -0.466 e. The molecular weight excluding hydrogens is 324 g/mol. The average Bonchev–Trinajstić information content (AvgIpc) is 3.14. The van der Waals surface area contributed by atoms with Gasteiger partial charge in [0.1, 0.15) is 5.69 Å². The molecule has 25 heavy (non-hydrogen) atoms. The smallest absolute Gasteiger partial charge is 0.262 e. The van der Waals surface area contributed by atoms with Gasteiger partial charge in [0.25, 0.3) is 11.8 Å². The van der Waals surface area contributed by atoms with E-state index in [0.717, 1.165) is 19.4 Å². The van der Waals surface area contributed by atoms with Crippen LogP contribution in [0.4, 0.5) is 5.69 Å². The highest BCUT2D eigenvalue weighted by Gasteiger charge is 2.26. The Morgan fingerprint density at radius 3 is 2.96 bits per heavy atom. The third-order valence-electron chi connectivity index (χ3n) is 4.53. The lowest BCUT2D eigenvalue weighted by molar-refractivity contribution is -0.118.